The van der Waals surface area contributed by atoms with Gasteiger partial charge in [-0.25, -0.2) is 0 Å². The molecule has 3 heteroatoms. The van der Waals surface area contributed by atoms with Crippen LogP contribution >= 0.6 is 0 Å². The molecule has 0 amide bonds. The largest absolute Gasteiger partial charge is 0.384 e. The van der Waals surface area contributed by atoms with Crippen LogP contribution < -0.4 is 5.32 Å². The van der Waals surface area contributed by atoms with Gasteiger partial charge in [-0.1, -0.05) is 12.2 Å². The lowest BCUT2D eigenvalue weighted by Crippen LogP contribution is -2.04. The molecule has 1 aromatic heterocycles. The first kappa shape index (κ1) is 10.5. The van der Waals surface area contributed by atoms with Crippen molar-refractivity contribution >= 4 is 5.69 Å². The van der Waals surface area contributed by atoms with Crippen LogP contribution in [0.1, 0.15) is 11.7 Å². The molecule has 74 valence electrons. The third-order valence-corrected chi connectivity index (χ3v) is 1.83. The van der Waals surface area contributed by atoms with E-state index in [-0.39, 0.29) is 0 Å². The fourth-order valence-electron chi connectivity index (χ4n) is 1.11. The van der Waals surface area contributed by atoms with Gasteiger partial charge in [-0.05, 0) is 6.07 Å². The molecule has 0 saturated carbocycles. The second-order valence-corrected chi connectivity index (χ2v) is 2.81. The number of rotatable bonds is 5. The summed E-state index contributed by atoms with van der Waals surface area (Å²) in [4.78, 5) is 3.95. The van der Waals surface area contributed by atoms with Crippen LogP contribution in [0.5, 0.6) is 0 Å². The van der Waals surface area contributed by atoms with Crippen molar-refractivity contribution in [1.82, 2.24) is 4.98 Å². The highest BCUT2D eigenvalue weighted by molar-refractivity contribution is 5.51. The summed E-state index contributed by atoms with van der Waals surface area (Å²) in [6.45, 7) is 7.80. The Hall–Kier alpha value is -1.61. The molecule has 2 N–H and O–H groups in total. The first-order valence-corrected chi connectivity index (χ1v) is 4.39. The number of pyridine rings is 1. The Kier molecular flexibility index (Phi) is 3.88. The van der Waals surface area contributed by atoms with E-state index in [1.165, 1.54) is 6.08 Å². The lowest BCUT2D eigenvalue weighted by Gasteiger charge is -2.12. The van der Waals surface area contributed by atoms with Crippen LogP contribution in [-0.2, 0) is 0 Å². The Balaban J connectivity index is 2.90. The lowest BCUT2D eigenvalue weighted by molar-refractivity contribution is 0.229. The van der Waals surface area contributed by atoms with Gasteiger partial charge < -0.3 is 10.4 Å². The maximum Gasteiger partial charge on any atom is 0.100 e. The van der Waals surface area contributed by atoms with Crippen molar-refractivity contribution in [3.05, 3.63) is 49.3 Å². The lowest BCUT2D eigenvalue weighted by atomic mass is 10.1. The fraction of sp³-hybridized carbons (Fsp3) is 0.182. The molecule has 1 heterocycles. The smallest absolute Gasteiger partial charge is 0.100 e. The van der Waals surface area contributed by atoms with Gasteiger partial charge in [0.05, 0.1) is 0 Å². The summed E-state index contributed by atoms with van der Waals surface area (Å²) in [5, 5.41) is 12.7. The summed E-state index contributed by atoms with van der Waals surface area (Å²) in [6, 6.07) is 1.81. The molecule has 14 heavy (non-hydrogen) atoms. The van der Waals surface area contributed by atoms with E-state index in [1.54, 1.807) is 18.5 Å². The number of aliphatic hydroxyl groups excluding tert-OH is 1. The van der Waals surface area contributed by atoms with E-state index in [1.807, 2.05) is 6.07 Å². The number of nitrogens with zero attached hydrogens (tertiary/aromatic N) is 1. The molecular weight excluding hydrogens is 176 g/mol. The van der Waals surface area contributed by atoms with Gasteiger partial charge in [0.1, 0.15) is 6.10 Å². The third kappa shape index (κ3) is 2.44. The van der Waals surface area contributed by atoms with Gasteiger partial charge in [-0.15, -0.1) is 13.2 Å². The topological polar surface area (TPSA) is 45.2 Å². The summed E-state index contributed by atoms with van der Waals surface area (Å²) in [7, 11) is 0. The molecule has 1 atom stereocenters. The van der Waals surface area contributed by atoms with Crippen molar-refractivity contribution in [2.45, 2.75) is 6.10 Å². The fourth-order valence-corrected chi connectivity index (χ4v) is 1.11. The molecule has 0 aliphatic heterocycles. The van der Waals surface area contributed by atoms with Crippen molar-refractivity contribution in [2.75, 3.05) is 11.9 Å². The zero-order chi connectivity index (χ0) is 10.4. The number of anilines is 1. The van der Waals surface area contributed by atoms with E-state index in [9.17, 15) is 5.11 Å². The summed E-state index contributed by atoms with van der Waals surface area (Å²) in [6.07, 6.45) is 5.83. The average Bonchev–Trinajstić information content (AvgIpc) is 2.25. The Morgan fingerprint density at radius 3 is 3.00 bits per heavy atom. The summed E-state index contributed by atoms with van der Waals surface area (Å²) < 4.78 is 0. The molecule has 3 nitrogen and oxygen atoms in total. The number of hydrogen-bond donors (Lipinski definition) is 2. The quantitative estimate of drug-likeness (QED) is 0.697. The molecule has 0 aliphatic carbocycles. The van der Waals surface area contributed by atoms with Crippen molar-refractivity contribution < 1.29 is 5.11 Å². The maximum atomic E-state index is 9.59. The van der Waals surface area contributed by atoms with Gasteiger partial charge in [-0.3, -0.25) is 4.98 Å². The number of aliphatic hydroxyl groups is 1. The molecule has 0 radical (unpaired) electrons. The monoisotopic (exact) mass is 190 g/mol. The predicted octanol–water partition coefficient (Wildman–Crippen LogP) is 1.90. The van der Waals surface area contributed by atoms with Crippen LogP contribution in [0.25, 0.3) is 0 Å². The molecule has 0 spiro atoms. The van der Waals surface area contributed by atoms with E-state index in [0.717, 1.165) is 11.3 Å². The van der Waals surface area contributed by atoms with E-state index in [0.29, 0.717) is 6.54 Å². The Bertz CT molecular complexity index is 323. The minimum atomic E-state index is -0.684. The summed E-state index contributed by atoms with van der Waals surface area (Å²) in [5.74, 6) is 0. The van der Waals surface area contributed by atoms with Crippen LogP contribution in [0.2, 0.25) is 0 Å². The first-order valence-electron chi connectivity index (χ1n) is 4.39. The van der Waals surface area contributed by atoms with Crippen LogP contribution in [0.4, 0.5) is 5.69 Å². The third-order valence-electron chi connectivity index (χ3n) is 1.83. The van der Waals surface area contributed by atoms with Gasteiger partial charge >= 0.3 is 0 Å². The van der Waals surface area contributed by atoms with E-state index < -0.39 is 6.10 Å². The number of nitrogens with one attached hydrogen (secondary N) is 1. The molecule has 1 aromatic rings. The minimum Gasteiger partial charge on any atom is -0.384 e. The molecule has 0 bridgehead atoms. The van der Waals surface area contributed by atoms with Gasteiger partial charge in [0.25, 0.3) is 0 Å². The van der Waals surface area contributed by atoms with Gasteiger partial charge in [0.15, 0.2) is 0 Å². The second-order valence-electron chi connectivity index (χ2n) is 2.81. The van der Waals surface area contributed by atoms with E-state index in [4.69, 9.17) is 0 Å². The van der Waals surface area contributed by atoms with Crippen LogP contribution in [-0.4, -0.2) is 16.6 Å². The zero-order valence-corrected chi connectivity index (χ0v) is 7.98. The van der Waals surface area contributed by atoms with Gasteiger partial charge in [0, 0.05) is 30.2 Å². The van der Waals surface area contributed by atoms with Crippen LogP contribution in [0.3, 0.4) is 0 Å². The maximum absolute atomic E-state index is 9.59. The number of hydrogen-bond acceptors (Lipinski definition) is 3. The van der Waals surface area contributed by atoms with Crippen molar-refractivity contribution in [2.24, 2.45) is 0 Å². The normalized spacial score (nSPS) is 11.8. The second kappa shape index (κ2) is 5.19. The van der Waals surface area contributed by atoms with E-state index in [2.05, 4.69) is 23.5 Å². The molecule has 0 saturated heterocycles. The molecule has 1 rings (SSSR count). The molecule has 0 fully saturated rings. The Morgan fingerprint density at radius 2 is 2.36 bits per heavy atom. The van der Waals surface area contributed by atoms with E-state index >= 15 is 0 Å². The molecular formula is C11H14N2O. The predicted molar refractivity (Wildman–Crippen MR) is 58.1 cm³/mol. The van der Waals surface area contributed by atoms with Crippen LogP contribution in [0.15, 0.2) is 43.8 Å². The molecule has 0 aromatic carbocycles. The highest BCUT2D eigenvalue weighted by Gasteiger charge is 2.07. The summed E-state index contributed by atoms with van der Waals surface area (Å²) in [5.41, 5.74) is 1.58. The number of aromatic nitrogens is 1. The standard InChI is InChI=1S/C11H14N2O/c1-3-6-13-10-5-7-12-8-9(10)11(14)4-2/h3-5,7-8,11,14H,1-2,6H2,(H,12,13). The first-order chi connectivity index (χ1) is 6.79. The van der Waals surface area contributed by atoms with Crippen molar-refractivity contribution in [1.29, 1.82) is 0 Å². The Labute approximate surface area is 83.8 Å². The highest BCUT2D eigenvalue weighted by atomic mass is 16.3. The molecule has 0 aliphatic rings. The summed E-state index contributed by atoms with van der Waals surface area (Å²) >= 11 is 0. The average molecular weight is 190 g/mol. The van der Waals surface area contributed by atoms with Gasteiger partial charge in [-0.2, -0.15) is 0 Å². The van der Waals surface area contributed by atoms with Crippen molar-refractivity contribution in [3.8, 4) is 0 Å². The highest BCUT2D eigenvalue weighted by Crippen LogP contribution is 2.21. The van der Waals surface area contributed by atoms with Crippen molar-refractivity contribution in [3.63, 3.8) is 0 Å². The zero-order valence-electron chi connectivity index (χ0n) is 7.98. The van der Waals surface area contributed by atoms with Gasteiger partial charge in [0.2, 0.25) is 0 Å². The minimum absolute atomic E-state index is 0.654. The SMILES string of the molecule is C=CCNc1ccncc1C(O)C=C. The van der Waals surface area contributed by atoms with Crippen LogP contribution in [0, 0.1) is 0 Å². The molecule has 1 unspecified atom stereocenters. The Morgan fingerprint density at radius 1 is 1.57 bits per heavy atom.